The Morgan fingerprint density at radius 3 is 2.47 bits per heavy atom. The first-order chi connectivity index (χ1) is 8.03. The molecule has 0 fully saturated rings. The third-order valence-corrected chi connectivity index (χ3v) is 3.45. The normalized spacial score (nSPS) is 11.5. The van der Waals surface area contributed by atoms with Gasteiger partial charge in [-0.1, -0.05) is 36.7 Å². The third kappa shape index (κ3) is 6.08. The second kappa shape index (κ2) is 7.02. The van der Waals surface area contributed by atoms with Gasteiger partial charge in [0, 0.05) is 17.6 Å². The van der Waals surface area contributed by atoms with E-state index in [4.69, 9.17) is 4.74 Å². The predicted octanol–water partition coefficient (Wildman–Crippen LogP) is 3.85. The second-order valence-electron chi connectivity index (χ2n) is 5.00. The molecule has 3 heteroatoms. The van der Waals surface area contributed by atoms with Crippen molar-refractivity contribution in [1.82, 2.24) is 5.32 Å². The van der Waals surface area contributed by atoms with Crippen LogP contribution in [-0.2, 0) is 0 Å². The monoisotopic (exact) mass is 299 g/mol. The summed E-state index contributed by atoms with van der Waals surface area (Å²) in [5.74, 6) is 0.921. The first-order valence-electron chi connectivity index (χ1n) is 6.12. The van der Waals surface area contributed by atoms with E-state index in [9.17, 15) is 0 Å². The highest BCUT2D eigenvalue weighted by molar-refractivity contribution is 9.10. The lowest BCUT2D eigenvalue weighted by Gasteiger charge is -2.22. The van der Waals surface area contributed by atoms with Crippen molar-refractivity contribution in [3.63, 3.8) is 0 Å². The van der Waals surface area contributed by atoms with Crippen LogP contribution in [0.4, 0.5) is 0 Å². The summed E-state index contributed by atoms with van der Waals surface area (Å²) < 4.78 is 6.70. The van der Waals surface area contributed by atoms with Crippen LogP contribution in [0.2, 0.25) is 0 Å². The van der Waals surface area contributed by atoms with E-state index < -0.39 is 0 Å². The molecule has 0 aliphatic heterocycles. The molecule has 1 rings (SSSR count). The van der Waals surface area contributed by atoms with Crippen LogP contribution in [0, 0.1) is 5.41 Å². The average Bonchev–Trinajstić information content (AvgIpc) is 2.31. The van der Waals surface area contributed by atoms with Crippen molar-refractivity contribution in [2.45, 2.75) is 27.2 Å². The van der Waals surface area contributed by atoms with E-state index in [1.54, 1.807) is 0 Å². The van der Waals surface area contributed by atoms with E-state index >= 15 is 0 Å². The van der Waals surface area contributed by atoms with Crippen LogP contribution >= 0.6 is 15.9 Å². The second-order valence-corrected chi connectivity index (χ2v) is 5.91. The Kier molecular flexibility index (Phi) is 6.00. The number of hydrogen-bond acceptors (Lipinski definition) is 2. The van der Waals surface area contributed by atoms with Gasteiger partial charge >= 0.3 is 0 Å². The summed E-state index contributed by atoms with van der Waals surface area (Å²) >= 11 is 3.40. The van der Waals surface area contributed by atoms with Gasteiger partial charge < -0.3 is 10.1 Å². The van der Waals surface area contributed by atoms with Crippen molar-refractivity contribution in [3.8, 4) is 5.75 Å². The fraction of sp³-hybridized carbons (Fsp3) is 0.571. The zero-order chi connectivity index (χ0) is 12.7. The number of benzene rings is 1. The summed E-state index contributed by atoms with van der Waals surface area (Å²) in [6, 6.07) is 7.92. The highest BCUT2D eigenvalue weighted by Gasteiger charge is 2.13. The molecule has 2 nitrogen and oxygen atoms in total. The molecule has 96 valence electrons. The third-order valence-electron chi connectivity index (χ3n) is 2.92. The summed E-state index contributed by atoms with van der Waals surface area (Å²) in [4.78, 5) is 0. The maximum atomic E-state index is 5.63. The molecule has 0 amide bonds. The zero-order valence-corrected chi connectivity index (χ0v) is 12.5. The summed E-state index contributed by atoms with van der Waals surface area (Å²) in [6.07, 6.45) is 1.19. The Morgan fingerprint density at radius 1 is 1.24 bits per heavy atom. The standard InChI is InChI=1S/C14H22BrNO/c1-4-14(2,3)11-16-9-10-17-13-7-5-12(15)6-8-13/h5-8,16H,4,9-11H2,1-3H3. The van der Waals surface area contributed by atoms with E-state index in [1.165, 1.54) is 6.42 Å². The van der Waals surface area contributed by atoms with Crippen molar-refractivity contribution in [2.75, 3.05) is 19.7 Å². The molecule has 0 bridgehead atoms. The summed E-state index contributed by atoms with van der Waals surface area (Å²) in [6.45, 7) is 9.40. The molecule has 1 aromatic rings. The number of nitrogens with one attached hydrogen (secondary N) is 1. The molecule has 0 spiro atoms. The molecule has 0 saturated carbocycles. The van der Waals surface area contributed by atoms with Crippen LogP contribution in [-0.4, -0.2) is 19.7 Å². The maximum absolute atomic E-state index is 5.63. The molecule has 0 aliphatic carbocycles. The van der Waals surface area contributed by atoms with Crippen molar-refractivity contribution < 1.29 is 4.74 Å². The minimum atomic E-state index is 0.373. The molecule has 0 saturated heterocycles. The molecular formula is C14H22BrNO. The molecule has 1 N–H and O–H groups in total. The molecule has 0 aliphatic rings. The summed E-state index contributed by atoms with van der Waals surface area (Å²) in [7, 11) is 0. The van der Waals surface area contributed by atoms with E-state index in [0.29, 0.717) is 12.0 Å². The number of rotatable bonds is 7. The largest absolute Gasteiger partial charge is 0.492 e. The number of ether oxygens (including phenoxy) is 1. The van der Waals surface area contributed by atoms with Gasteiger partial charge in [-0.05, 0) is 36.1 Å². The van der Waals surface area contributed by atoms with E-state index in [2.05, 4.69) is 42.0 Å². The Balaban J connectivity index is 2.14. The van der Waals surface area contributed by atoms with Gasteiger partial charge in [0.05, 0.1) is 0 Å². The zero-order valence-electron chi connectivity index (χ0n) is 10.9. The van der Waals surface area contributed by atoms with Crippen LogP contribution in [0.25, 0.3) is 0 Å². The van der Waals surface area contributed by atoms with Crippen LogP contribution in [0.15, 0.2) is 28.7 Å². The Hall–Kier alpha value is -0.540. The molecule has 0 unspecified atom stereocenters. The van der Waals surface area contributed by atoms with Crippen molar-refractivity contribution in [2.24, 2.45) is 5.41 Å². The van der Waals surface area contributed by atoms with Gasteiger partial charge in [-0.15, -0.1) is 0 Å². The smallest absolute Gasteiger partial charge is 0.119 e. The minimum absolute atomic E-state index is 0.373. The highest BCUT2D eigenvalue weighted by Crippen LogP contribution is 2.18. The van der Waals surface area contributed by atoms with Gasteiger partial charge in [-0.25, -0.2) is 0 Å². The fourth-order valence-electron chi connectivity index (χ4n) is 1.32. The van der Waals surface area contributed by atoms with E-state index in [1.807, 2.05) is 24.3 Å². The van der Waals surface area contributed by atoms with Crippen LogP contribution in [0.1, 0.15) is 27.2 Å². The quantitative estimate of drug-likeness (QED) is 0.772. The SMILES string of the molecule is CCC(C)(C)CNCCOc1ccc(Br)cc1. The van der Waals surface area contributed by atoms with Gasteiger partial charge in [0.15, 0.2) is 0 Å². The molecule has 0 atom stereocenters. The van der Waals surface area contributed by atoms with Crippen LogP contribution in [0.5, 0.6) is 5.75 Å². The van der Waals surface area contributed by atoms with E-state index in [0.717, 1.165) is 23.3 Å². The summed E-state index contributed by atoms with van der Waals surface area (Å²) in [5.41, 5.74) is 0.373. The molecular weight excluding hydrogens is 278 g/mol. The average molecular weight is 300 g/mol. The van der Waals surface area contributed by atoms with Crippen molar-refractivity contribution in [1.29, 1.82) is 0 Å². The molecule has 17 heavy (non-hydrogen) atoms. The molecule has 0 radical (unpaired) electrons. The minimum Gasteiger partial charge on any atom is -0.492 e. The highest BCUT2D eigenvalue weighted by atomic mass is 79.9. The van der Waals surface area contributed by atoms with Crippen LogP contribution in [0.3, 0.4) is 0 Å². The molecule has 0 aromatic heterocycles. The molecule has 1 aromatic carbocycles. The lowest BCUT2D eigenvalue weighted by atomic mass is 9.90. The Morgan fingerprint density at radius 2 is 1.88 bits per heavy atom. The maximum Gasteiger partial charge on any atom is 0.119 e. The molecule has 0 heterocycles. The van der Waals surface area contributed by atoms with Crippen molar-refractivity contribution in [3.05, 3.63) is 28.7 Å². The lowest BCUT2D eigenvalue weighted by molar-refractivity contribution is 0.284. The van der Waals surface area contributed by atoms with Crippen molar-refractivity contribution >= 4 is 15.9 Å². The topological polar surface area (TPSA) is 21.3 Å². The predicted molar refractivity (Wildman–Crippen MR) is 76.6 cm³/mol. The first-order valence-corrected chi connectivity index (χ1v) is 6.92. The van der Waals surface area contributed by atoms with Crippen LogP contribution < -0.4 is 10.1 Å². The fourth-order valence-corrected chi connectivity index (χ4v) is 1.59. The lowest BCUT2D eigenvalue weighted by Crippen LogP contribution is -2.31. The summed E-state index contributed by atoms with van der Waals surface area (Å²) in [5, 5.41) is 3.42. The van der Waals surface area contributed by atoms with Gasteiger partial charge in [-0.3, -0.25) is 0 Å². The Labute approximate surface area is 113 Å². The Bertz CT molecular complexity index is 321. The number of hydrogen-bond donors (Lipinski definition) is 1. The first kappa shape index (κ1) is 14.5. The van der Waals surface area contributed by atoms with Gasteiger partial charge in [-0.2, -0.15) is 0 Å². The van der Waals surface area contributed by atoms with E-state index in [-0.39, 0.29) is 0 Å². The van der Waals surface area contributed by atoms with Gasteiger partial charge in [0.25, 0.3) is 0 Å². The van der Waals surface area contributed by atoms with Gasteiger partial charge in [0.1, 0.15) is 12.4 Å². The van der Waals surface area contributed by atoms with Gasteiger partial charge in [0.2, 0.25) is 0 Å². The number of halogens is 1.